The quantitative estimate of drug-likeness (QED) is 0.573. The van der Waals surface area contributed by atoms with Crippen molar-refractivity contribution < 1.29 is 0 Å². The zero-order chi connectivity index (χ0) is 14.1. The molecule has 0 aromatic carbocycles. The first-order chi connectivity index (χ1) is 10.1. The summed E-state index contributed by atoms with van der Waals surface area (Å²) in [7, 11) is 0. The highest BCUT2D eigenvalue weighted by atomic mass is 14.8. The minimum Gasteiger partial charge on any atom is -0.0807 e. The van der Waals surface area contributed by atoms with Gasteiger partial charge in [0.05, 0.1) is 0 Å². The van der Waals surface area contributed by atoms with E-state index in [1.54, 1.807) is 38.5 Å². The molecule has 6 aliphatic rings. The van der Waals surface area contributed by atoms with Gasteiger partial charge in [-0.2, -0.15) is 0 Å². The third kappa shape index (κ3) is 0.977. The maximum Gasteiger partial charge on any atom is -0.0103 e. The minimum absolute atomic E-state index is 0.870. The van der Waals surface area contributed by atoms with Crippen molar-refractivity contribution in [2.24, 2.45) is 58.2 Å². The third-order valence-corrected chi connectivity index (χ3v) is 10.4. The van der Waals surface area contributed by atoms with Gasteiger partial charge in [-0.05, 0) is 96.7 Å². The summed E-state index contributed by atoms with van der Waals surface area (Å²) in [6.07, 6.45) is 12.3. The summed E-state index contributed by atoms with van der Waals surface area (Å²) in [4.78, 5) is 0. The van der Waals surface area contributed by atoms with Gasteiger partial charge in [-0.25, -0.2) is 0 Å². The molecule has 0 aromatic rings. The van der Waals surface area contributed by atoms with E-state index in [1.165, 1.54) is 0 Å². The van der Waals surface area contributed by atoms with Gasteiger partial charge in [0.2, 0.25) is 0 Å². The Morgan fingerprint density at radius 3 is 2.05 bits per heavy atom. The van der Waals surface area contributed by atoms with Crippen molar-refractivity contribution in [1.82, 2.24) is 0 Å². The second kappa shape index (κ2) is 3.31. The van der Waals surface area contributed by atoms with Gasteiger partial charge in [0.25, 0.3) is 0 Å². The van der Waals surface area contributed by atoms with Crippen molar-refractivity contribution in [3.8, 4) is 0 Å². The summed E-state index contributed by atoms with van der Waals surface area (Å²) in [6, 6.07) is 0. The monoisotopic (exact) mass is 282 g/mol. The molecule has 0 heterocycles. The second-order valence-corrected chi connectivity index (χ2v) is 9.96. The zero-order valence-corrected chi connectivity index (χ0v) is 13.9. The van der Waals surface area contributed by atoms with Gasteiger partial charge in [-0.1, -0.05) is 32.4 Å². The van der Waals surface area contributed by atoms with Crippen molar-refractivity contribution in [2.75, 3.05) is 0 Å². The van der Waals surface area contributed by atoms with Crippen LogP contribution in [0.25, 0.3) is 0 Å². The Balaban J connectivity index is 1.38. The fourth-order valence-electron chi connectivity index (χ4n) is 9.02. The fourth-order valence-corrected chi connectivity index (χ4v) is 9.02. The van der Waals surface area contributed by atoms with E-state index >= 15 is 0 Å². The first-order valence-electron chi connectivity index (χ1n) is 9.82. The lowest BCUT2D eigenvalue weighted by molar-refractivity contribution is -0.329. The number of fused-ring (bicyclic) bond motifs is 1. The molecule has 9 unspecified atom stereocenters. The molecule has 6 rings (SSSR count). The summed E-state index contributed by atoms with van der Waals surface area (Å²) < 4.78 is 0. The summed E-state index contributed by atoms with van der Waals surface area (Å²) in [6.45, 7) is 7.65. The van der Waals surface area contributed by atoms with Gasteiger partial charge in [-0.3, -0.25) is 0 Å². The molecule has 0 aliphatic heterocycles. The van der Waals surface area contributed by atoms with Crippen molar-refractivity contribution in [2.45, 2.75) is 59.3 Å². The Morgan fingerprint density at radius 2 is 1.52 bits per heavy atom. The molecule has 0 amide bonds. The molecule has 10 atom stereocenters. The van der Waals surface area contributed by atoms with E-state index in [0.717, 1.165) is 58.2 Å². The van der Waals surface area contributed by atoms with Crippen LogP contribution in [0.3, 0.4) is 0 Å². The van der Waals surface area contributed by atoms with Gasteiger partial charge in [0.15, 0.2) is 0 Å². The summed E-state index contributed by atoms with van der Waals surface area (Å²) in [5.41, 5.74) is 3.60. The van der Waals surface area contributed by atoms with Crippen LogP contribution in [0.4, 0.5) is 0 Å². The van der Waals surface area contributed by atoms with Gasteiger partial charge in [0.1, 0.15) is 0 Å². The molecular formula is C21H30. The summed E-state index contributed by atoms with van der Waals surface area (Å²) >= 11 is 0. The normalized spacial score (nSPS) is 69.2. The first kappa shape index (κ1) is 12.2. The van der Waals surface area contributed by atoms with Crippen LogP contribution in [0.15, 0.2) is 11.6 Å². The largest absolute Gasteiger partial charge is 0.0807 e. The van der Waals surface area contributed by atoms with Crippen LogP contribution in [0, 0.1) is 58.2 Å². The molecule has 0 heteroatoms. The standard InChI is InChI=1S/C21H30/c1-11-12(2)18-14(11)10-15(18)19-13(3)16-4-6-20(16)8-9-21(20)7-5-17(19)21/h10-13,15-19H,4-9H2,1-3H3/t11?,12?,13-,15?,16?,17?,18?,19?,20?,21?/m0/s1. The fraction of sp³-hybridized carbons (Fsp3) is 0.905. The van der Waals surface area contributed by atoms with Crippen LogP contribution < -0.4 is 0 Å². The maximum absolute atomic E-state index is 2.76. The number of hydrogen-bond acceptors (Lipinski definition) is 0. The van der Waals surface area contributed by atoms with E-state index in [9.17, 15) is 0 Å². The molecular weight excluding hydrogens is 252 g/mol. The highest BCUT2D eigenvalue weighted by Gasteiger charge is 2.77. The smallest absolute Gasteiger partial charge is 0.0103 e. The van der Waals surface area contributed by atoms with E-state index in [2.05, 4.69) is 26.8 Å². The predicted molar refractivity (Wildman–Crippen MR) is 85.6 cm³/mol. The Kier molecular flexibility index (Phi) is 1.92. The average Bonchev–Trinajstić information content (AvgIpc) is 2.31. The first-order valence-corrected chi connectivity index (χ1v) is 9.82. The van der Waals surface area contributed by atoms with Crippen LogP contribution in [0.1, 0.15) is 59.3 Å². The van der Waals surface area contributed by atoms with Crippen molar-refractivity contribution >= 4 is 0 Å². The molecule has 0 radical (unpaired) electrons. The molecule has 2 spiro atoms. The Hall–Kier alpha value is -0.260. The molecule has 0 aromatic heterocycles. The van der Waals surface area contributed by atoms with Gasteiger partial charge in [0, 0.05) is 0 Å². The Morgan fingerprint density at radius 1 is 0.857 bits per heavy atom. The summed E-state index contributed by atoms with van der Waals surface area (Å²) in [5.74, 6) is 8.24. The summed E-state index contributed by atoms with van der Waals surface area (Å²) in [5, 5.41) is 0. The van der Waals surface area contributed by atoms with Crippen LogP contribution in [0.2, 0.25) is 0 Å². The van der Waals surface area contributed by atoms with Crippen LogP contribution in [-0.2, 0) is 0 Å². The lowest BCUT2D eigenvalue weighted by Gasteiger charge is -2.82. The van der Waals surface area contributed by atoms with E-state index in [-0.39, 0.29) is 0 Å². The number of hydrogen-bond donors (Lipinski definition) is 0. The topological polar surface area (TPSA) is 0 Å². The van der Waals surface area contributed by atoms with E-state index in [1.807, 2.05) is 5.57 Å². The van der Waals surface area contributed by atoms with Crippen LogP contribution in [-0.4, -0.2) is 0 Å². The van der Waals surface area contributed by atoms with Crippen molar-refractivity contribution in [3.05, 3.63) is 11.6 Å². The molecule has 6 aliphatic carbocycles. The molecule has 114 valence electrons. The van der Waals surface area contributed by atoms with Crippen LogP contribution >= 0.6 is 0 Å². The molecule has 0 saturated heterocycles. The van der Waals surface area contributed by atoms with Gasteiger partial charge < -0.3 is 0 Å². The predicted octanol–water partition coefficient (Wildman–Crippen LogP) is 5.30. The Bertz CT molecular complexity index is 550. The van der Waals surface area contributed by atoms with E-state index in [4.69, 9.17) is 0 Å². The molecule has 0 nitrogen and oxygen atoms in total. The van der Waals surface area contributed by atoms with Crippen molar-refractivity contribution in [1.29, 1.82) is 0 Å². The Labute approximate surface area is 129 Å². The molecule has 5 fully saturated rings. The molecule has 0 bridgehead atoms. The molecule has 0 N–H and O–H groups in total. The third-order valence-electron chi connectivity index (χ3n) is 10.4. The highest BCUT2D eigenvalue weighted by molar-refractivity contribution is 5.37. The maximum atomic E-state index is 2.76. The van der Waals surface area contributed by atoms with E-state index < -0.39 is 0 Å². The van der Waals surface area contributed by atoms with E-state index in [0.29, 0.717) is 0 Å². The lowest BCUT2D eigenvalue weighted by atomic mass is 9.22. The molecule has 5 saturated carbocycles. The number of allylic oxidation sites excluding steroid dienone is 2. The minimum atomic E-state index is 0.870. The van der Waals surface area contributed by atoms with Gasteiger partial charge >= 0.3 is 0 Å². The van der Waals surface area contributed by atoms with Crippen molar-refractivity contribution in [3.63, 3.8) is 0 Å². The lowest BCUT2D eigenvalue weighted by Crippen LogP contribution is -2.75. The second-order valence-electron chi connectivity index (χ2n) is 9.96. The number of rotatable bonds is 1. The van der Waals surface area contributed by atoms with Gasteiger partial charge in [-0.15, -0.1) is 0 Å². The average molecular weight is 282 g/mol. The SMILES string of the molecule is CC1C2=CC(C3C4CCC45CCC54CCC4[C@@H]3C)C2C1C. The highest BCUT2D eigenvalue weighted by Crippen LogP contribution is 2.85. The molecule has 21 heavy (non-hydrogen) atoms. The van der Waals surface area contributed by atoms with Crippen LogP contribution in [0.5, 0.6) is 0 Å². The zero-order valence-electron chi connectivity index (χ0n) is 13.9.